The summed E-state index contributed by atoms with van der Waals surface area (Å²) in [6.45, 7) is 5.96. The third kappa shape index (κ3) is 3.64. The highest BCUT2D eigenvalue weighted by atomic mass is 32.2. The van der Waals surface area contributed by atoms with Crippen molar-refractivity contribution in [3.05, 3.63) is 41.2 Å². The number of ketones is 1. The van der Waals surface area contributed by atoms with Gasteiger partial charge in [0.05, 0.1) is 5.25 Å². The van der Waals surface area contributed by atoms with Crippen LogP contribution in [0.15, 0.2) is 28.6 Å². The van der Waals surface area contributed by atoms with Crippen LogP contribution in [0.2, 0.25) is 0 Å². The quantitative estimate of drug-likeness (QED) is 0.621. The van der Waals surface area contributed by atoms with Gasteiger partial charge >= 0.3 is 0 Å². The van der Waals surface area contributed by atoms with Crippen LogP contribution in [0.4, 0.5) is 0 Å². The summed E-state index contributed by atoms with van der Waals surface area (Å²) in [5.74, 6) is 0.987. The average Bonchev–Trinajstić information content (AvgIpc) is 2.86. The van der Waals surface area contributed by atoms with E-state index in [-0.39, 0.29) is 11.0 Å². The molecule has 1 unspecified atom stereocenters. The number of Topliss-reactive ketones (excluding diaryl/α,β-unsaturated/α-hetero) is 1. The average molecular weight is 292 g/mol. The fourth-order valence-electron chi connectivity index (χ4n) is 1.59. The maximum atomic E-state index is 12.3. The Morgan fingerprint density at radius 3 is 2.63 bits per heavy atom. The molecule has 3 nitrogen and oxygen atoms in total. The lowest BCUT2D eigenvalue weighted by molar-refractivity contribution is 0.0994. The molecule has 1 aromatic carbocycles. The molecule has 1 aromatic heterocycles. The number of thioether (sulfide) groups is 1. The minimum absolute atomic E-state index is 0.137. The van der Waals surface area contributed by atoms with Gasteiger partial charge in [0.1, 0.15) is 5.82 Å². The molecule has 0 spiro atoms. The normalized spacial score (nSPS) is 12.4. The van der Waals surface area contributed by atoms with Gasteiger partial charge in [-0.15, -0.1) is 0 Å². The lowest BCUT2D eigenvalue weighted by Crippen LogP contribution is -2.13. The lowest BCUT2D eigenvalue weighted by Gasteiger charge is -2.08. The van der Waals surface area contributed by atoms with Gasteiger partial charge < -0.3 is 0 Å². The Balaban J connectivity index is 2.04. The number of hydrogen-bond donors (Lipinski definition) is 0. The van der Waals surface area contributed by atoms with E-state index in [1.54, 1.807) is 0 Å². The molecule has 19 heavy (non-hydrogen) atoms. The summed E-state index contributed by atoms with van der Waals surface area (Å²) < 4.78 is 5.10. The molecule has 2 rings (SSSR count). The van der Waals surface area contributed by atoms with Crippen molar-refractivity contribution in [2.45, 2.75) is 36.8 Å². The van der Waals surface area contributed by atoms with Crippen LogP contribution in [0.25, 0.3) is 0 Å². The van der Waals surface area contributed by atoms with Crippen LogP contribution < -0.4 is 0 Å². The van der Waals surface area contributed by atoms with Crippen molar-refractivity contribution in [2.75, 3.05) is 0 Å². The Labute approximate surface area is 121 Å². The van der Waals surface area contributed by atoms with E-state index in [1.807, 2.05) is 45.0 Å². The van der Waals surface area contributed by atoms with E-state index < -0.39 is 0 Å². The van der Waals surface area contributed by atoms with Crippen LogP contribution in [-0.2, 0) is 6.42 Å². The highest BCUT2D eigenvalue weighted by Crippen LogP contribution is 2.27. The van der Waals surface area contributed by atoms with Gasteiger partial charge in [-0.05, 0) is 25.4 Å². The molecule has 0 N–H and O–H groups in total. The molecule has 0 amide bonds. The summed E-state index contributed by atoms with van der Waals surface area (Å²) in [6, 6.07) is 7.69. The van der Waals surface area contributed by atoms with Gasteiger partial charge in [-0.2, -0.15) is 4.37 Å². The molecule has 5 heteroatoms. The summed E-state index contributed by atoms with van der Waals surface area (Å²) in [4.78, 5) is 16.6. The van der Waals surface area contributed by atoms with E-state index in [0.29, 0.717) is 0 Å². The minimum atomic E-state index is -0.139. The van der Waals surface area contributed by atoms with Crippen LogP contribution in [0, 0.1) is 6.92 Å². The molecule has 2 aromatic rings. The zero-order chi connectivity index (χ0) is 13.8. The molecule has 0 bridgehead atoms. The Morgan fingerprint density at radius 1 is 1.37 bits per heavy atom. The maximum Gasteiger partial charge on any atom is 0.175 e. The monoisotopic (exact) mass is 292 g/mol. The van der Waals surface area contributed by atoms with E-state index in [2.05, 4.69) is 9.36 Å². The first-order valence-corrected chi connectivity index (χ1v) is 7.85. The van der Waals surface area contributed by atoms with Gasteiger partial charge in [0.25, 0.3) is 0 Å². The number of aromatic nitrogens is 2. The minimum Gasteiger partial charge on any atom is -0.293 e. The van der Waals surface area contributed by atoms with Gasteiger partial charge in [-0.1, -0.05) is 48.5 Å². The van der Waals surface area contributed by atoms with Crippen molar-refractivity contribution < 1.29 is 4.79 Å². The van der Waals surface area contributed by atoms with E-state index >= 15 is 0 Å². The van der Waals surface area contributed by atoms with Gasteiger partial charge in [0, 0.05) is 12.0 Å². The Morgan fingerprint density at radius 2 is 2.05 bits per heavy atom. The van der Waals surface area contributed by atoms with Crippen LogP contribution in [0.5, 0.6) is 0 Å². The summed E-state index contributed by atoms with van der Waals surface area (Å²) in [6.07, 6.45) is 0.831. The fraction of sp³-hybridized carbons (Fsp3) is 0.357. The number of rotatable bonds is 5. The number of nitrogens with zero attached hydrogens (tertiary/aromatic N) is 2. The van der Waals surface area contributed by atoms with E-state index in [4.69, 9.17) is 0 Å². The molecule has 1 atom stereocenters. The van der Waals surface area contributed by atoms with Gasteiger partial charge in [-0.3, -0.25) is 4.79 Å². The summed E-state index contributed by atoms with van der Waals surface area (Å²) in [5.41, 5.74) is 1.92. The highest BCUT2D eigenvalue weighted by molar-refractivity contribution is 8.02. The SMILES string of the molecule is CCc1nsc(SC(C)C(=O)c2ccc(C)cc2)n1. The molecule has 1 heterocycles. The molecule has 0 fully saturated rings. The largest absolute Gasteiger partial charge is 0.293 e. The number of carbonyl (C=O) groups is 1. The number of hydrogen-bond acceptors (Lipinski definition) is 5. The third-order valence-corrected chi connectivity index (χ3v) is 4.67. The molecule has 0 aliphatic rings. The van der Waals surface area contributed by atoms with Crippen molar-refractivity contribution in [3.8, 4) is 0 Å². The first-order chi connectivity index (χ1) is 9.10. The molecule has 0 aliphatic carbocycles. The lowest BCUT2D eigenvalue weighted by atomic mass is 10.1. The molecule has 0 saturated carbocycles. The van der Waals surface area contributed by atoms with Crippen LogP contribution in [0.3, 0.4) is 0 Å². The molecular weight excluding hydrogens is 276 g/mol. The second kappa shape index (κ2) is 6.30. The van der Waals surface area contributed by atoms with Crippen LogP contribution in [-0.4, -0.2) is 20.4 Å². The maximum absolute atomic E-state index is 12.3. The molecule has 0 saturated heterocycles. The van der Waals surface area contributed by atoms with Gasteiger partial charge in [-0.25, -0.2) is 4.98 Å². The van der Waals surface area contributed by atoms with Crippen LogP contribution >= 0.6 is 23.3 Å². The van der Waals surface area contributed by atoms with Crippen molar-refractivity contribution in [1.82, 2.24) is 9.36 Å². The van der Waals surface area contributed by atoms with Crippen molar-refractivity contribution in [3.63, 3.8) is 0 Å². The zero-order valence-electron chi connectivity index (χ0n) is 11.2. The fourth-order valence-corrected chi connectivity index (χ4v) is 3.51. The van der Waals surface area contributed by atoms with Gasteiger partial charge in [0.15, 0.2) is 10.1 Å². The first-order valence-electron chi connectivity index (χ1n) is 6.20. The zero-order valence-corrected chi connectivity index (χ0v) is 12.8. The third-order valence-electron chi connectivity index (χ3n) is 2.75. The highest BCUT2D eigenvalue weighted by Gasteiger charge is 2.18. The predicted molar refractivity (Wildman–Crippen MR) is 80.1 cm³/mol. The second-order valence-electron chi connectivity index (χ2n) is 4.32. The van der Waals surface area contributed by atoms with E-state index in [1.165, 1.54) is 23.3 Å². The Kier molecular flexibility index (Phi) is 4.71. The molecule has 100 valence electrons. The molecule has 0 radical (unpaired) electrons. The summed E-state index contributed by atoms with van der Waals surface area (Å²) >= 11 is 2.85. The Bertz CT molecular complexity index is 563. The van der Waals surface area contributed by atoms with Gasteiger partial charge in [0.2, 0.25) is 0 Å². The first kappa shape index (κ1) is 14.2. The van der Waals surface area contributed by atoms with Crippen molar-refractivity contribution in [2.24, 2.45) is 0 Å². The van der Waals surface area contributed by atoms with E-state index in [9.17, 15) is 4.79 Å². The summed E-state index contributed by atoms with van der Waals surface area (Å²) in [5, 5.41) is -0.139. The smallest absolute Gasteiger partial charge is 0.175 e. The number of aryl methyl sites for hydroxylation is 2. The topological polar surface area (TPSA) is 42.9 Å². The predicted octanol–water partition coefficient (Wildman–Crippen LogP) is 3.77. The standard InChI is InChI=1S/C14H16N2OS2/c1-4-12-15-14(19-16-12)18-10(3)13(17)11-7-5-9(2)6-8-11/h5-8,10H,4H2,1-3H3. The molecular formula is C14H16N2OS2. The van der Waals surface area contributed by atoms with Crippen molar-refractivity contribution >= 4 is 29.1 Å². The van der Waals surface area contributed by atoms with E-state index in [0.717, 1.165) is 27.7 Å². The molecule has 0 aliphatic heterocycles. The number of benzene rings is 1. The van der Waals surface area contributed by atoms with Crippen LogP contribution in [0.1, 0.15) is 35.6 Å². The Hall–Kier alpha value is -1.20. The van der Waals surface area contributed by atoms with Crippen molar-refractivity contribution in [1.29, 1.82) is 0 Å². The second-order valence-corrected chi connectivity index (χ2v) is 6.66. The summed E-state index contributed by atoms with van der Waals surface area (Å²) in [7, 11) is 0. The number of carbonyl (C=O) groups excluding carboxylic acids is 1.